The number of aromatic nitrogens is 1. The lowest BCUT2D eigenvalue weighted by atomic mass is 9.85. The number of hydrogen-bond acceptors (Lipinski definition) is 13. The third-order valence-electron chi connectivity index (χ3n) is 12.1. The van der Waals surface area contributed by atoms with Crippen LogP contribution < -0.4 is 25.1 Å². The number of benzene rings is 4. The molecule has 0 spiro atoms. The highest BCUT2D eigenvalue weighted by atomic mass is 32.2. The van der Waals surface area contributed by atoms with Gasteiger partial charge in [-0.15, -0.1) is 0 Å². The summed E-state index contributed by atoms with van der Waals surface area (Å²) in [6.07, 6.45) is 1.70. The number of fused-ring (bicyclic) bond motifs is 2. The summed E-state index contributed by atoms with van der Waals surface area (Å²) in [5.74, 6) is -1.07. The molecular formula is C54H65N5O13S. The second-order valence-corrected chi connectivity index (χ2v) is 23.0. The van der Waals surface area contributed by atoms with Crippen LogP contribution in [0.1, 0.15) is 113 Å². The Labute approximate surface area is 425 Å². The Morgan fingerprint density at radius 3 is 2.11 bits per heavy atom. The van der Waals surface area contributed by atoms with Gasteiger partial charge in [-0.2, -0.15) is 4.31 Å². The van der Waals surface area contributed by atoms with Gasteiger partial charge in [0.2, 0.25) is 15.5 Å². The molecule has 0 unspecified atom stereocenters. The van der Waals surface area contributed by atoms with Crippen molar-refractivity contribution in [2.45, 2.75) is 103 Å². The Morgan fingerprint density at radius 1 is 0.795 bits per heavy atom. The second kappa shape index (κ2) is 21.6. The van der Waals surface area contributed by atoms with Crippen LogP contribution in [-0.2, 0) is 34.4 Å². The first kappa shape index (κ1) is 53.8. The molecule has 2 aliphatic rings. The Balaban J connectivity index is 0.881. The maximum atomic E-state index is 14.1. The van der Waals surface area contributed by atoms with Gasteiger partial charge in [-0.1, -0.05) is 45.0 Å². The molecule has 3 N–H and O–H groups in total. The minimum Gasteiger partial charge on any atom is -0.504 e. The van der Waals surface area contributed by atoms with Gasteiger partial charge in [0.15, 0.2) is 11.5 Å². The van der Waals surface area contributed by atoms with Crippen molar-refractivity contribution >= 4 is 56.2 Å². The third kappa shape index (κ3) is 13.2. The van der Waals surface area contributed by atoms with Gasteiger partial charge in [0.1, 0.15) is 48.9 Å². The van der Waals surface area contributed by atoms with Crippen LogP contribution in [-0.4, -0.2) is 116 Å². The van der Waals surface area contributed by atoms with Crippen LogP contribution in [0, 0.1) is 0 Å². The quantitative estimate of drug-likeness (QED) is 0.0664. The van der Waals surface area contributed by atoms with Crippen LogP contribution in [0.25, 0.3) is 10.9 Å². The number of anilines is 2. The van der Waals surface area contributed by atoms with Crippen LogP contribution >= 0.6 is 0 Å². The highest BCUT2D eigenvalue weighted by Crippen LogP contribution is 2.40. The molecule has 19 heteroatoms. The van der Waals surface area contributed by atoms with Crippen LogP contribution in [0.4, 0.5) is 16.2 Å². The highest BCUT2D eigenvalue weighted by Gasteiger charge is 2.39. The number of rotatable bonds is 15. The number of phenols is 1. The van der Waals surface area contributed by atoms with E-state index in [2.05, 4.69) is 10.3 Å². The zero-order valence-corrected chi connectivity index (χ0v) is 43.6. The van der Waals surface area contributed by atoms with Crippen LogP contribution in [0.2, 0.25) is 0 Å². The fourth-order valence-corrected chi connectivity index (χ4v) is 10.1. The molecular weight excluding hydrogens is 959 g/mol. The van der Waals surface area contributed by atoms with Gasteiger partial charge in [-0.3, -0.25) is 24.1 Å². The zero-order valence-electron chi connectivity index (χ0n) is 42.8. The number of phenolic OH excluding ortho intramolecular Hbond substituents is 1. The number of aromatic amines is 1. The van der Waals surface area contributed by atoms with E-state index in [1.807, 2.05) is 45.0 Å². The molecule has 0 atom stereocenters. The van der Waals surface area contributed by atoms with Gasteiger partial charge in [0.25, 0.3) is 11.8 Å². The number of carbonyl (C=O) groups is 4. The molecule has 1 saturated heterocycles. The van der Waals surface area contributed by atoms with Crippen molar-refractivity contribution in [1.29, 1.82) is 0 Å². The summed E-state index contributed by atoms with van der Waals surface area (Å²) in [4.78, 5) is 71.5. The highest BCUT2D eigenvalue weighted by molar-refractivity contribution is 7.89. The summed E-state index contributed by atoms with van der Waals surface area (Å²) in [5, 5.41) is 14.1. The summed E-state index contributed by atoms with van der Waals surface area (Å²) >= 11 is 0. The summed E-state index contributed by atoms with van der Waals surface area (Å²) < 4.78 is 58.1. The number of amides is 3. The molecule has 73 heavy (non-hydrogen) atoms. The number of nitrogens with zero attached hydrogens (tertiary/aromatic N) is 3. The number of pyridine rings is 1. The average Bonchev–Trinajstić information content (AvgIpc) is 3.31. The smallest absolute Gasteiger partial charge is 0.416 e. The van der Waals surface area contributed by atoms with Gasteiger partial charge >= 0.3 is 12.1 Å². The first-order chi connectivity index (χ1) is 34.3. The molecule has 5 aromatic rings. The molecule has 4 aromatic carbocycles. The van der Waals surface area contributed by atoms with E-state index < -0.39 is 62.5 Å². The van der Waals surface area contributed by atoms with Crippen LogP contribution in [0.15, 0.2) is 94.7 Å². The molecule has 0 radical (unpaired) electrons. The van der Waals surface area contributed by atoms with Crippen molar-refractivity contribution in [1.82, 2.24) is 14.2 Å². The fraction of sp³-hybridized carbons (Fsp3) is 0.426. The van der Waals surface area contributed by atoms with E-state index in [0.717, 1.165) is 15.4 Å². The molecule has 0 aliphatic carbocycles. The van der Waals surface area contributed by atoms with Crippen molar-refractivity contribution in [2.75, 3.05) is 62.9 Å². The van der Waals surface area contributed by atoms with E-state index >= 15 is 0 Å². The Hall–Kier alpha value is -6.96. The minimum absolute atomic E-state index is 0.0461. The summed E-state index contributed by atoms with van der Waals surface area (Å²) in [6.45, 7) is 16.7. The van der Waals surface area contributed by atoms with Gasteiger partial charge in [0, 0.05) is 41.9 Å². The van der Waals surface area contributed by atoms with Crippen molar-refractivity contribution in [3.05, 3.63) is 118 Å². The number of carbonyl (C=O) groups excluding carboxylic acids is 4. The normalized spacial score (nSPS) is 14.9. The van der Waals surface area contributed by atoms with E-state index in [0.29, 0.717) is 40.7 Å². The van der Waals surface area contributed by atoms with Gasteiger partial charge < -0.3 is 44.0 Å². The topological polar surface area (TPSA) is 223 Å². The Bertz CT molecular complexity index is 3040. The maximum absolute atomic E-state index is 14.1. The lowest BCUT2D eigenvalue weighted by molar-refractivity contribution is -0.155. The number of para-hydroxylation sites is 1. The standard InChI is InChI=1S/C54H65N5O13S/c1-52(2,3)41-29-46(45(60)30-43(41)56-49(63)40-31-55-42-13-11-10-12-38(42)48(40)62)70-27-25-68-24-26-69-36-16-14-34(15-17-36)35-20-22-58(23-21-35)73(66,67)37-18-19-39-44(28-37)59(51(65)72-54(7,8)9)33-57(50(39)64)32-47(61)71-53(4,5)6/h10-19,28-31,35,60H,20-27,32-33H2,1-9H3,(H,55,62)(H,56,63). The van der Waals surface area contributed by atoms with Gasteiger partial charge in [-0.05, 0) is 125 Å². The first-order valence-electron chi connectivity index (χ1n) is 24.2. The minimum atomic E-state index is -4.04. The predicted octanol–water partition coefficient (Wildman–Crippen LogP) is 8.32. The van der Waals surface area contributed by atoms with Gasteiger partial charge in [-0.25, -0.2) is 13.2 Å². The first-order valence-corrected chi connectivity index (χ1v) is 25.6. The molecule has 3 amide bonds. The fourth-order valence-electron chi connectivity index (χ4n) is 8.56. The Kier molecular flexibility index (Phi) is 16.0. The lowest BCUT2D eigenvalue weighted by Gasteiger charge is -2.37. The number of H-pyrrole nitrogens is 1. The summed E-state index contributed by atoms with van der Waals surface area (Å²) in [7, 11) is -4.04. The average molecular weight is 1020 g/mol. The number of sulfonamides is 1. The number of esters is 1. The van der Waals surface area contributed by atoms with Crippen LogP contribution in [0.5, 0.6) is 17.2 Å². The molecule has 0 bridgehead atoms. The third-order valence-corrected chi connectivity index (χ3v) is 14.0. The van der Waals surface area contributed by atoms with E-state index in [-0.39, 0.29) is 85.3 Å². The van der Waals surface area contributed by atoms with Gasteiger partial charge in [0.05, 0.1) is 29.4 Å². The largest absolute Gasteiger partial charge is 0.504 e. The van der Waals surface area contributed by atoms with Crippen molar-refractivity contribution in [2.24, 2.45) is 0 Å². The van der Waals surface area contributed by atoms with Crippen molar-refractivity contribution in [3.8, 4) is 17.2 Å². The molecule has 2 aliphatic heterocycles. The molecule has 3 heterocycles. The number of piperidine rings is 1. The maximum Gasteiger partial charge on any atom is 0.416 e. The summed E-state index contributed by atoms with van der Waals surface area (Å²) in [5.41, 5.74) is 0.187. The lowest BCUT2D eigenvalue weighted by Crippen LogP contribution is -2.52. The SMILES string of the molecule is CC(C)(C)OC(=O)CN1CN(C(=O)OC(C)(C)C)c2cc(S(=O)(=O)N3CCC(c4ccc(OCCOCCOc5cc(C(C)(C)C)c(NC(=O)c6c[nH]c7ccccc7c6=O)cc5O)cc4)CC3)ccc2C1=O. The number of nitrogens with one attached hydrogen (secondary N) is 2. The molecule has 0 saturated carbocycles. The number of ether oxygens (including phenoxy) is 5. The molecule has 18 nitrogen and oxygen atoms in total. The number of hydrogen-bond donors (Lipinski definition) is 3. The number of aromatic hydroxyl groups is 1. The zero-order chi connectivity index (χ0) is 53.0. The monoisotopic (exact) mass is 1020 g/mol. The molecule has 7 rings (SSSR count). The molecule has 1 fully saturated rings. The van der Waals surface area contributed by atoms with Crippen LogP contribution in [0.3, 0.4) is 0 Å². The van der Waals surface area contributed by atoms with E-state index in [4.69, 9.17) is 23.7 Å². The molecule has 1 aromatic heterocycles. The Morgan fingerprint density at radius 2 is 1.45 bits per heavy atom. The second-order valence-electron chi connectivity index (χ2n) is 21.0. The van der Waals surface area contributed by atoms with Crippen molar-refractivity contribution in [3.63, 3.8) is 0 Å². The van der Waals surface area contributed by atoms with E-state index in [1.54, 1.807) is 71.9 Å². The predicted molar refractivity (Wildman–Crippen MR) is 275 cm³/mol. The van der Waals surface area contributed by atoms with E-state index in [1.165, 1.54) is 34.8 Å². The summed E-state index contributed by atoms with van der Waals surface area (Å²) in [6, 6.07) is 21.7. The molecule has 390 valence electrons. The van der Waals surface area contributed by atoms with E-state index in [9.17, 15) is 37.5 Å². The van der Waals surface area contributed by atoms with Crippen molar-refractivity contribution < 1.29 is 56.4 Å².